The smallest absolute Gasteiger partial charge is 0.387 e. The van der Waals surface area contributed by atoms with Gasteiger partial charge < -0.3 is 19.8 Å². The number of nitrogens with one attached hydrogen (secondary N) is 2. The molecule has 150 valence electrons. The highest BCUT2D eigenvalue weighted by atomic mass is 19.3. The summed E-state index contributed by atoms with van der Waals surface area (Å²) in [5.74, 6) is -1.90. The van der Waals surface area contributed by atoms with Crippen LogP contribution in [-0.2, 0) is 9.53 Å². The lowest BCUT2D eigenvalue weighted by atomic mass is 10.1. The fourth-order valence-corrected chi connectivity index (χ4v) is 2.60. The molecule has 1 aromatic heterocycles. The van der Waals surface area contributed by atoms with Gasteiger partial charge in [-0.1, -0.05) is 30.3 Å². The molecule has 0 aliphatic heterocycles. The molecule has 0 unspecified atom stereocenters. The van der Waals surface area contributed by atoms with E-state index in [9.17, 15) is 23.2 Å². The summed E-state index contributed by atoms with van der Waals surface area (Å²) in [6, 6.07) is 13.7. The van der Waals surface area contributed by atoms with Crippen LogP contribution in [0.25, 0.3) is 10.8 Å². The van der Waals surface area contributed by atoms with Crippen LogP contribution in [0.5, 0.6) is 5.75 Å². The summed E-state index contributed by atoms with van der Waals surface area (Å²) < 4.78 is 34.4. The van der Waals surface area contributed by atoms with Crippen LogP contribution in [-0.4, -0.2) is 29.6 Å². The lowest BCUT2D eigenvalue weighted by Crippen LogP contribution is -2.31. The van der Waals surface area contributed by atoms with Crippen LogP contribution in [0, 0.1) is 0 Å². The number of carbonyl (C=O) groups is 2. The molecule has 0 saturated carbocycles. The van der Waals surface area contributed by atoms with E-state index in [1.165, 1.54) is 37.3 Å². The van der Waals surface area contributed by atoms with Gasteiger partial charge in [-0.3, -0.25) is 9.59 Å². The van der Waals surface area contributed by atoms with Crippen LogP contribution in [0.2, 0.25) is 0 Å². The number of para-hydroxylation sites is 2. The average Bonchev–Trinajstić information content (AvgIpc) is 2.69. The van der Waals surface area contributed by atoms with Gasteiger partial charge >= 0.3 is 12.6 Å². The van der Waals surface area contributed by atoms with Crippen LogP contribution in [0.1, 0.15) is 17.4 Å². The molecule has 1 heterocycles. The molecule has 1 atom stereocenters. The van der Waals surface area contributed by atoms with Gasteiger partial charge in [0.05, 0.1) is 5.69 Å². The Balaban J connectivity index is 1.72. The number of hydrogen-bond donors (Lipinski definition) is 2. The number of halogens is 2. The topological polar surface area (TPSA) is 97.5 Å². The Hall–Kier alpha value is -3.75. The fraction of sp³-hybridized carbons (Fsp3) is 0.150. The van der Waals surface area contributed by atoms with E-state index in [2.05, 4.69) is 15.0 Å². The number of H-pyrrole nitrogens is 1. The number of amides is 1. The van der Waals surface area contributed by atoms with Crippen molar-refractivity contribution in [2.75, 3.05) is 5.32 Å². The molecule has 1 amide bonds. The molecule has 29 heavy (non-hydrogen) atoms. The molecule has 2 N–H and O–H groups in total. The average molecular weight is 402 g/mol. The SMILES string of the molecule is C[C@H](OC(=O)c1cc2ccccc2c(=O)[nH]1)C(=O)Nc1ccccc1OC(F)F. The van der Waals surface area contributed by atoms with Gasteiger partial charge in [0, 0.05) is 5.39 Å². The summed E-state index contributed by atoms with van der Waals surface area (Å²) in [7, 11) is 0. The molecule has 0 fully saturated rings. The molecule has 0 bridgehead atoms. The van der Waals surface area contributed by atoms with Gasteiger partial charge in [0.2, 0.25) is 0 Å². The molecule has 0 saturated heterocycles. The molecule has 3 aromatic rings. The van der Waals surface area contributed by atoms with Gasteiger partial charge in [0.15, 0.2) is 6.10 Å². The first-order valence-corrected chi connectivity index (χ1v) is 8.53. The summed E-state index contributed by atoms with van der Waals surface area (Å²) in [6.07, 6.45) is -1.27. The molecule has 0 spiro atoms. The molecule has 0 aliphatic rings. The molecule has 7 nitrogen and oxygen atoms in total. The van der Waals surface area contributed by atoms with Crippen molar-refractivity contribution in [2.24, 2.45) is 0 Å². The first-order chi connectivity index (χ1) is 13.8. The van der Waals surface area contributed by atoms with Crippen LogP contribution >= 0.6 is 0 Å². The molecular weight excluding hydrogens is 386 g/mol. The van der Waals surface area contributed by atoms with Crippen LogP contribution < -0.4 is 15.6 Å². The highest BCUT2D eigenvalue weighted by molar-refractivity contribution is 5.98. The van der Waals surface area contributed by atoms with Crippen molar-refractivity contribution in [3.05, 3.63) is 70.6 Å². The highest BCUT2D eigenvalue weighted by Gasteiger charge is 2.21. The summed E-state index contributed by atoms with van der Waals surface area (Å²) in [4.78, 5) is 39.1. The summed E-state index contributed by atoms with van der Waals surface area (Å²) in [5, 5.41) is 3.32. The van der Waals surface area contributed by atoms with E-state index in [1.807, 2.05) is 0 Å². The number of benzene rings is 2. The number of alkyl halides is 2. The Kier molecular flexibility index (Phi) is 5.87. The second-order valence-electron chi connectivity index (χ2n) is 6.01. The quantitative estimate of drug-likeness (QED) is 0.617. The first-order valence-electron chi connectivity index (χ1n) is 8.53. The maximum atomic E-state index is 12.5. The maximum Gasteiger partial charge on any atom is 0.387 e. The normalized spacial score (nSPS) is 11.9. The third kappa shape index (κ3) is 4.75. The lowest BCUT2D eigenvalue weighted by Gasteiger charge is -2.15. The predicted molar refractivity (Wildman–Crippen MR) is 101 cm³/mol. The van der Waals surface area contributed by atoms with Crippen LogP contribution in [0.4, 0.5) is 14.5 Å². The van der Waals surface area contributed by atoms with E-state index in [4.69, 9.17) is 4.74 Å². The zero-order chi connectivity index (χ0) is 21.0. The number of ether oxygens (including phenoxy) is 2. The van der Waals surface area contributed by atoms with E-state index in [0.717, 1.165) is 0 Å². The van der Waals surface area contributed by atoms with Gasteiger partial charge in [-0.2, -0.15) is 8.78 Å². The van der Waals surface area contributed by atoms with Gasteiger partial charge in [-0.25, -0.2) is 4.79 Å². The van der Waals surface area contributed by atoms with Crippen molar-refractivity contribution in [3.63, 3.8) is 0 Å². The Morgan fingerprint density at radius 1 is 1.07 bits per heavy atom. The standard InChI is InChI=1S/C20H16F2N2O5/c1-11(17(25)23-14-8-4-5-9-16(14)29-20(21)22)28-19(27)15-10-12-6-2-3-7-13(12)18(26)24-15/h2-11,20H,1H3,(H,23,25)(H,24,26)/t11-/m0/s1. The van der Waals surface area contributed by atoms with Crippen LogP contribution in [0.15, 0.2) is 59.4 Å². The molecule has 9 heteroatoms. The van der Waals surface area contributed by atoms with Crippen molar-refractivity contribution < 1.29 is 27.8 Å². The lowest BCUT2D eigenvalue weighted by molar-refractivity contribution is -0.123. The Bertz CT molecular complexity index is 1110. The molecule has 2 aromatic carbocycles. The Morgan fingerprint density at radius 3 is 2.52 bits per heavy atom. The molecule has 0 radical (unpaired) electrons. The summed E-state index contributed by atoms with van der Waals surface area (Å²) in [6.45, 7) is -1.75. The number of fused-ring (bicyclic) bond motifs is 1. The Morgan fingerprint density at radius 2 is 1.76 bits per heavy atom. The first kappa shape index (κ1) is 20.0. The number of anilines is 1. The van der Waals surface area contributed by atoms with Crippen LogP contribution in [0.3, 0.4) is 0 Å². The van der Waals surface area contributed by atoms with Crippen molar-refractivity contribution in [3.8, 4) is 5.75 Å². The number of aromatic nitrogens is 1. The van der Waals surface area contributed by atoms with Gasteiger partial charge in [0.1, 0.15) is 11.4 Å². The maximum absolute atomic E-state index is 12.5. The van der Waals surface area contributed by atoms with Gasteiger partial charge in [-0.05, 0) is 36.6 Å². The van der Waals surface area contributed by atoms with Crippen molar-refractivity contribution in [1.82, 2.24) is 4.98 Å². The number of hydrogen-bond acceptors (Lipinski definition) is 5. The zero-order valence-corrected chi connectivity index (χ0v) is 15.1. The second kappa shape index (κ2) is 8.51. The second-order valence-corrected chi connectivity index (χ2v) is 6.01. The Labute approximate surface area is 163 Å². The molecule has 0 aliphatic carbocycles. The third-order valence-corrected chi connectivity index (χ3v) is 3.99. The summed E-state index contributed by atoms with van der Waals surface area (Å²) >= 11 is 0. The number of esters is 1. The molecule has 3 rings (SSSR count). The third-order valence-electron chi connectivity index (χ3n) is 3.99. The summed E-state index contributed by atoms with van der Waals surface area (Å²) in [5.41, 5.74) is -0.583. The minimum Gasteiger partial charge on any atom is -0.448 e. The van der Waals surface area contributed by atoms with Gasteiger partial charge in [-0.15, -0.1) is 0 Å². The van der Waals surface area contributed by atoms with Crippen molar-refractivity contribution >= 4 is 28.3 Å². The number of carbonyl (C=O) groups excluding carboxylic acids is 2. The van der Waals surface area contributed by atoms with E-state index in [-0.39, 0.29) is 17.1 Å². The van der Waals surface area contributed by atoms with Gasteiger partial charge in [0.25, 0.3) is 11.5 Å². The highest BCUT2D eigenvalue weighted by Crippen LogP contribution is 2.25. The van der Waals surface area contributed by atoms with Crippen molar-refractivity contribution in [1.29, 1.82) is 0 Å². The fourth-order valence-electron chi connectivity index (χ4n) is 2.60. The largest absolute Gasteiger partial charge is 0.448 e. The number of aromatic amines is 1. The van der Waals surface area contributed by atoms with Crippen molar-refractivity contribution in [2.45, 2.75) is 19.6 Å². The van der Waals surface area contributed by atoms with E-state index < -0.39 is 30.2 Å². The van der Waals surface area contributed by atoms with E-state index >= 15 is 0 Å². The van der Waals surface area contributed by atoms with E-state index in [1.54, 1.807) is 24.3 Å². The monoisotopic (exact) mass is 402 g/mol. The number of rotatable bonds is 6. The van der Waals surface area contributed by atoms with E-state index in [0.29, 0.717) is 10.8 Å². The minimum atomic E-state index is -3.06. The molecular formula is C20H16F2N2O5. The predicted octanol–water partition coefficient (Wildman–Crippen LogP) is 3.31. The number of pyridine rings is 1. The minimum absolute atomic E-state index is 0.000175. The zero-order valence-electron chi connectivity index (χ0n) is 15.1.